The molecule has 0 saturated carbocycles. The van der Waals surface area contributed by atoms with Crippen molar-refractivity contribution in [1.29, 1.82) is 0 Å². The number of rotatable bonds is 4. The Labute approximate surface area is 126 Å². The van der Waals surface area contributed by atoms with Crippen molar-refractivity contribution in [3.63, 3.8) is 0 Å². The zero-order chi connectivity index (χ0) is 14.9. The van der Waals surface area contributed by atoms with Crippen molar-refractivity contribution in [2.24, 2.45) is 5.73 Å². The molecule has 1 aromatic heterocycles. The van der Waals surface area contributed by atoms with Crippen LogP contribution in [-0.2, 0) is 10.0 Å². The van der Waals surface area contributed by atoms with Crippen molar-refractivity contribution in [1.82, 2.24) is 0 Å². The lowest BCUT2D eigenvalue weighted by Crippen LogP contribution is -2.15. The third kappa shape index (κ3) is 3.17. The van der Waals surface area contributed by atoms with Gasteiger partial charge in [0.25, 0.3) is 10.0 Å². The summed E-state index contributed by atoms with van der Waals surface area (Å²) in [5.41, 5.74) is 4.75. The van der Waals surface area contributed by atoms with Crippen molar-refractivity contribution >= 4 is 48.9 Å². The predicted molar refractivity (Wildman–Crippen MR) is 77.7 cm³/mol. The van der Waals surface area contributed by atoms with E-state index in [0.29, 0.717) is 3.79 Å². The SMILES string of the molecule is NC(=O)c1ccc(F)c(NS(=O)(=O)c2ccc(Br)s2)c1. The fourth-order valence-electron chi connectivity index (χ4n) is 1.39. The maximum Gasteiger partial charge on any atom is 0.271 e. The van der Waals surface area contributed by atoms with Crippen LogP contribution in [0.5, 0.6) is 0 Å². The number of carbonyl (C=O) groups excluding carboxylic acids is 1. The first-order valence-electron chi connectivity index (χ1n) is 5.17. The Morgan fingerprint density at radius 3 is 2.55 bits per heavy atom. The fraction of sp³-hybridized carbons (Fsp3) is 0. The van der Waals surface area contributed by atoms with Crippen molar-refractivity contribution in [3.8, 4) is 0 Å². The van der Waals surface area contributed by atoms with Crippen LogP contribution in [0, 0.1) is 5.82 Å². The third-order valence-corrected chi connectivity index (χ3v) is 5.79. The maximum absolute atomic E-state index is 13.6. The van der Waals surface area contributed by atoms with Crippen LogP contribution >= 0.6 is 27.3 Å². The number of thiophene rings is 1. The maximum atomic E-state index is 13.6. The summed E-state index contributed by atoms with van der Waals surface area (Å²) in [5, 5.41) is 0. The number of amides is 1. The van der Waals surface area contributed by atoms with Crippen LogP contribution in [0.2, 0.25) is 0 Å². The monoisotopic (exact) mass is 378 g/mol. The van der Waals surface area contributed by atoms with Gasteiger partial charge in [-0.15, -0.1) is 11.3 Å². The topological polar surface area (TPSA) is 89.3 Å². The van der Waals surface area contributed by atoms with Gasteiger partial charge in [0.2, 0.25) is 5.91 Å². The summed E-state index contributed by atoms with van der Waals surface area (Å²) in [6.07, 6.45) is 0. The van der Waals surface area contributed by atoms with E-state index in [2.05, 4.69) is 20.7 Å². The lowest BCUT2D eigenvalue weighted by molar-refractivity contribution is 0.100. The van der Waals surface area contributed by atoms with Gasteiger partial charge >= 0.3 is 0 Å². The molecule has 0 bridgehead atoms. The lowest BCUT2D eigenvalue weighted by Gasteiger charge is -2.08. The minimum atomic E-state index is -3.91. The highest BCUT2D eigenvalue weighted by Crippen LogP contribution is 2.28. The smallest absolute Gasteiger partial charge is 0.271 e. The summed E-state index contributed by atoms with van der Waals surface area (Å²) in [6, 6.07) is 6.15. The zero-order valence-electron chi connectivity index (χ0n) is 9.76. The number of anilines is 1. The van der Waals surface area contributed by atoms with E-state index in [1.807, 2.05) is 0 Å². The number of carbonyl (C=O) groups is 1. The quantitative estimate of drug-likeness (QED) is 0.856. The summed E-state index contributed by atoms with van der Waals surface area (Å²) < 4.78 is 40.4. The largest absolute Gasteiger partial charge is 0.366 e. The molecule has 0 atom stereocenters. The summed E-state index contributed by atoms with van der Waals surface area (Å²) in [7, 11) is -3.91. The van der Waals surface area contributed by atoms with Crippen LogP contribution in [0.3, 0.4) is 0 Å². The zero-order valence-corrected chi connectivity index (χ0v) is 13.0. The molecular formula is C11H8BrFN2O3S2. The molecule has 0 aliphatic heterocycles. The Bertz CT molecular complexity index is 774. The van der Waals surface area contributed by atoms with Crippen molar-refractivity contribution in [2.45, 2.75) is 4.21 Å². The van der Waals surface area contributed by atoms with Gasteiger partial charge in [-0.05, 0) is 46.3 Å². The number of sulfonamides is 1. The second-order valence-electron chi connectivity index (χ2n) is 3.72. The lowest BCUT2D eigenvalue weighted by atomic mass is 10.2. The molecular weight excluding hydrogens is 371 g/mol. The first-order valence-corrected chi connectivity index (χ1v) is 8.26. The van der Waals surface area contributed by atoms with Crippen LogP contribution in [0.4, 0.5) is 10.1 Å². The van der Waals surface area contributed by atoms with Crippen molar-refractivity contribution in [3.05, 3.63) is 45.5 Å². The molecule has 106 valence electrons. The van der Waals surface area contributed by atoms with Gasteiger partial charge in [0, 0.05) is 5.56 Å². The molecule has 0 aliphatic carbocycles. The fourth-order valence-corrected chi connectivity index (χ4v) is 4.46. The number of hydrogen-bond donors (Lipinski definition) is 2. The van der Waals surface area contributed by atoms with Crippen molar-refractivity contribution in [2.75, 3.05) is 4.72 Å². The van der Waals surface area contributed by atoms with Gasteiger partial charge in [-0.3, -0.25) is 9.52 Å². The molecule has 1 amide bonds. The Hall–Kier alpha value is -1.45. The molecule has 20 heavy (non-hydrogen) atoms. The number of halogens is 2. The number of benzene rings is 1. The predicted octanol–water partition coefficient (Wildman–Crippen LogP) is 2.55. The number of nitrogens with one attached hydrogen (secondary N) is 1. The van der Waals surface area contributed by atoms with Gasteiger partial charge in [0.05, 0.1) is 9.47 Å². The van der Waals surface area contributed by atoms with E-state index in [0.717, 1.165) is 23.5 Å². The molecule has 1 aromatic carbocycles. The van der Waals surface area contributed by atoms with E-state index >= 15 is 0 Å². The van der Waals surface area contributed by atoms with E-state index in [-0.39, 0.29) is 15.5 Å². The normalized spacial score (nSPS) is 11.3. The third-order valence-electron chi connectivity index (χ3n) is 2.31. The number of nitrogens with two attached hydrogens (primary N) is 1. The van der Waals surface area contributed by atoms with E-state index in [1.165, 1.54) is 12.1 Å². The average molecular weight is 379 g/mol. The molecule has 0 aliphatic rings. The molecule has 2 aromatic rings. The van der Waals surface area contributed by atoms with Crippen LogP contribution in [-0.4, -0.2) is 14.3 Å². The Balaban J connectivity index is 2.39. The van der Waals surface area contributed by atoms with Gasteiger partial charge in [0.15, 0.2) is 0 Å². The van der Waals surface area contributed by atoms with Gasteiger partial charge in [0.1, 0.15) is 10.0 Å². The highest BCUT2D eigenvalue weighted by atomic mass is 79.9. The molecule has 0 spiro atoms. The Morgan fingerprint density at radius 1 is 1.30 bits per heavy atom. The molecule has 0 fully saturated rings. The Kier molecular flexibility index (Phi) is 4.11. The van der Waals surface area contributed by atoms with Gasteiger partial charge in [-0.25, -0.2) is 12.8 Å². The summed E-state index contributed by atoms with van der Waals surface area (Å²) in [6.45, 7) is 0. The molecule has 3 N–H and O–H groups in total. The highest BCUT2D eigenvalue weighted by Gasteiger charge is 2.19. The first kappa shape index (κ1) is 14.9. The van der Waals surface area contributed by atoms with E-state index in [4.69, 9.17) is 5.73 Å². The molecule has 1 heterocycles. The molecule has 9 heteroatoms. The average Bonchev–Trinajstić information content (AvgIpc) is 2.79. The van der Waals surface area contributed by atoms with E-state index < -0.39 is 21.7 Å². The number of primary amides is 1. The van der Waals surface area contributed by atoms with Crippen LogP contribution in [0.25, 0.3) is 0 Å². The summed E-state index contributed by atoms with van der Waals surface area (Å²) >= 11 is 4.13. The minimum Gasteiger partial charge on any atom is -0.366 e. The molecule has 5 nitrogen and oxygen atoms in total. The Morgan fingerprint density at radius 2 is 2.00 bits per heavy atom. The van der Waals surface area contributed by atoms with Crippen LogP contribution in [0.1, 0.15) is 10.4 Å². The molecule has 0 radical (unpaired) electrons. The first-order chi connectivity index (χ1) is 9.29. The second-order valence-corrected chi connectivity index (χ2v) is 8.10. The van der Waals surface area contributed by atoms with Crippen LogP contribution in [0.15, 0.2) is 38.3 Å². The number of hydrogen-bond acceptors (Lipinski definition) is 4. The summed E-state index contributed by atoms with van der Waals surface area (Å²) in [4.78, 5) is 11.0. The second kappa shape index (κ2) is 5.51. The molecule has 2 rings (SSSR count). The molecule has 0 saturated heterocycles. The van der Waals surface area contributed by atoms with E-state index in [1.54, 1.807) is 6.07 Å². The van der Waals surface area contributed by atoms with Crippen molar-refractivity contribution < 1.29 is 17.6 Å². The van der Waals surface area contributed by atoms with E-state index in [9.17, 15) is 17.6 Å². The van der Waals surface area contributed by atoms with Gasteiger partial charge in [-0.2, -0.15) is 0 Å². The standard InChI is InChI=1S/C11H8BrFN2O3S2/c12-9-3-4-10(19-9)20(17,18)15-8-5-6(11(14)16)1-2-7(8)13/h1-5,15H,(H2,14,16). The molecule has 0 unspecified atom stereocenters. The minimum absolute atomic E-state index is 0.0106. The summed E-state index contributed by atoms with van der Waals surface area (Å²) in [5.74, 6) is -1.57. The highest BCUT2D eigenvalue weighted by molar-refractivity contribution is 9.11. The van der Waals surface area contributed by atoms with Gasteiger partial charge in [-0.1, -0.05) is 0 Å². The van der Waals surface area contributed by atoms with Gasteiger partial charge < -0.3 is 5.73 Å². The van der Waals surface area contributed by atoms with Crippen LogP contribution < -0.4 is 10.5 Å².